The molecule has 0 N–H and O–H groups in total. The highest BCUT2D eigenvalue weighted by Gasteiger charge is 2.20. The molecule has 1 rings (SSSR count). The first kappa shape index (κ1) is 11.2. The molecule has 0 aromatic carbocycles. The van der Waals surface area contributed by atoms with Crippen molar-refractivity contribution in [2.24, 2.45) is 5.92 Å². The molecular weight excluding hydrogens is 170 g/mol. The Kier molecular flexibility index (Phi) is 4.64. The standard InChI is InChI=1S/C13H22N/c1-4-5-9-13(12(2)3)14-10-7-6-8-11-14/h6-8,10-13H,4-5,9H2,1-3H3/q+1. The van der Waals surface area contributed by atoms with Crippen molar-refractivity contribution in [1.82, 2.24) is 0 Å². The van der Waals surface area contributed by atoms with Gasteiger partial charge in [0.2, 0.25) is 0 Å². The van der Waals surface area contributed by atoms with E-state index in [4.69, 9.17) is 0 Å². The molecule has 0 fully saturated rings. The Balaban J connectivity index is 2.68. The van der Waals surface area contributed by atoms with Crippen LogP contribution in [0.1, 0.15) is 46.1 Å². The van der Waals surface area contributed by atoms with E-state index >= 15 is 0 Å². The van der Waals surface area contributed by atoms with Crippen LogP contribution in [0.5, 0.6) is 0 Å². The summed E-state index contributed by atoms with van der Waals surface area (Å²) in [5, 5.41) is 0. The van der Waals surface area contributed by atoms with Crippen LogP contribution >= 0.6 is 0 Å². The van der Waals surface area contributed by atoms with Gasteiger partial charge < -0.3 is 0 Å². The molecule has 0 aliphatic carbocycles. The van der Waals surface area contributed by atoms with Crippen molar-refractivity contribution in [3.63, 3.8) is 0 Å². The topological polar surface area (TPSA) is 3.88 Å². The van der Waals surface area contributed by atoms with Crippen molar-refractivity contribution in [2.75, 3.05) is 0 Å². The zero-order chi connectivity index (χ0) is 10.4. The Morgan fingerprint density at radius 2 is 1.71 bits per heavy atom. The lowest BCUT2D eigenvalue weighted by atomic mass is 9.98. The molecule has 1 aromatic heterocycles. The summed E-state index contributed by atoms with van der Waals surface area (Å²) in [6.45, 7) is 6.87. The Bertz CT molecular complexity index is 241. The molecule has 1 heteroatoms. The van der Waals surface area contributed by atoms with Crippen molar-refractivity contribution in [3.05, 3.63) is 30.6 Å². The van der Waals surface area contributed by atoms with Crippen LogP contribution in [0.2, 0.25) is 0 Å². The summed E-state index contributed by atoms with van der Waals surface area (Å²) in [7, 11) is 0. The van der Waals surface area contributed by atoms with Gasteiger partial charge in [-0.1, -0.05) is 33.3 Å². The van der Waals surface area contributed by atoms with E-state index in [1.807, 2.05) is 0 Å². The number of nitrogens with zero attached hydrogens (tertiary/aromatic N) is 1. The van der Waals surface area contributed by atoms with Crippen molar-refractivity contribution in [1.29, 1.82) is 0 Å². The van der Waals surface area contributed by atoms with Gasteiger partial charge in [-0.05, 0) is 6.42 Å². The van der Waals surface area contributed by atoms with Crippen LogP contribution in [-0.2, 0) is 0 Å². The quantitative estimate of drug-likeness (QED) is 0.630. The normalized spacial score (nSPS) is 13.1. The lowest BCUT2D eigenvalue weighted by Crippen LogP contribution is -2.41. The van der Waals surface area contributed by atoms with E-state index in [0.717, 1.165) is 0 Å². The third-order valence-corrected chi connectivity index (χ3v) is 2.74. The summed E-state index contributed by atoms with van der Waals surface area (Å²) in [5.74, 6) is 0.717. The fraction of sp³-hybridized carbons (Fsp3) is 0.615. The average Bonchev–Trinajstić information content (AvgIpc) is 2.19. The van der Waals surface area contributed by atoms with Crippen LogP contribution in [0.3, 0.4) is 0 Å². The van der Waals surface area contributed by atoms with Crippen LogP contribution in [0, 0.1) is 5.92 Å². The zero-order valence-corrected chi connectivity index (χ0v) is 9.61. The minimum Gasteiger partial charge on any atom is -0.202 e. The summed E-state index contributed by atoms with van der Waals surface area (Å²) in [6, 6.07) is 6.97. The van der Waals surface area contributed by atoms with Gasteiger partial charge in [-0.25, -0.2) is 4.57 Å². The number of pyridine rings is 1. The minimum absolute atomic E-state index is 0.663. The molecule has 0 amide bonds. The van der Waals surface area contributed by atoms with Gasteiger partial charge in [0.25, 0.3) is 0 Å². The van der Waals surface area contributed by atoms with Gasteiger partial charge in [0, 0.05) is 24.5 Å². The first-order chi connectivity index (χ1) is 6.75. The molecular formula is C13H22N+. The van der Waals surface area contributed by atoms with Crippen LogP contribution in [0.25, 0.3) is 0 Å². The van der Waals surface area contributed by atoms with Crippen molar-refractivity contribution in [3.8, 4) is 0 Å². The maximum Gasteiger partial charge on any atom is 0.169 e. The largest absolute Gasteiger partial charge is 0.202 e. The first-order valence-corrected chi connectivity index (χ1v) is 5.71. The van der Waals surface area contributed by atoms with E-state index in [2.05, 4.69) is 55.9 Å². The zero-order valence-electron chi connectivity index (χ0n) is 9.61. The third-order valence-electron chi connectivity index (χ3n) is 2.74. The van der Waals surface area contributed by atoms with E-state index in [9.17, 15) is 0 Å². The Hall–Kier alpha value is -0.850. The molecule has 1 nitrogen and oxygen atoms in total. The second kappa shape index (κ2) is 5.79. The Morgan fingerprint density at radius 1 is 1.07 bits per heavy atom. The fourth-order valence-corrected chi connectivity index (χ4v) is 1.87. The van der Waals surface area contributed by atoms with Gasteiger partial charge >= 0.3 is 0 Å². The maximum absolute atomic E-state index is 2.35. The highest BCUT2D eigenvalue weighted by Crippen LogP contribution is 2.17. The number of hydrogen-bond donors (Lipinski definition) is 0. The smallest absolute Gasteiger partial charge is 0.169 e. The molecule has 1 unspecified atom stereocenters. The molecule has 1 heterocycles. The molecule has 0 spiro atoms. The highest BCUT2D eigenvalue weighted by molar-refractivity contribution is 4.84. The summed E-state index contributed by atoms with van der Waals surface area (Å²) >= 11 is 0. The monoisotopic (exact) mass is 192 g/mol. The number of unbranched alkanes of at least 4 members (excludes halogenated alkanes) is 1. The van der Waals surface area contributed by atoms with E-state index in [1.54, 1.807) is 0 Å². The van der Waals surface area contributed by atoms with Crippen LogP contribution in [0.15, 0.2) is 30.6 Å². The van der Waals surface area contributed by atoms with E-state index < -0.39 is 0 Å². The number of rotatable bonds is 5. The summed E-state index contributed by atoms with van der Waals surface area (Å²) in [6.07, 6.45) is 8.27. The van der Waals surface area contributed by atoms with Gasteiger partial charge in [-0.2, -0.15) is 0 Å². The number of aromatic nitrogens is 1. The minimum atomic E-state index is 0.663. The predicted molar refractivity (Wildman–Crippen MR) is 60.0 cm³/mol. The molecule has 0 bridgehead atoms. The van der Waals surface area contributed by atoms with E-state index in [0.29, 0.717) is 12.0 Å². The first-order valence-electron chi connectivity index (χ1n) is 5.71. The van der Waals surface area contributed by atoms with Crippen LogP contribution in [0.4, 0.5) is 0 Å². The number of hydrogen-bond acceptors (Lipinski definition) is 0. The van der Waals surface area contributed by atoms with Crippen molar-refractivity contribution >= 4 is 0 Å². The summed E-state index contributed by atoms with van der Waals surface area (Å²) < 4.78 is 2.35. The molecule has 78 valence electrons. The fourth-order valence-electron chi connectivity index (χ4n) is 1.87. The molecule has 0 aliphatic rings. The SMILES string of the molecule is CCCCC(C(C)C)[n+]1ccccc1. The van der Waals surface area contributed by atoms with Crippen LogP contribution in [-0.4, -0.2) is 0 Å². The van der Waals surface area contributed by atoms with Gasteiger partial charge in [0.15, 0.2) is 18.4 Å². The Morgan fingerprint density at radius 3 is 2.21 bits per heavy atom. The second-order valence-corrected chi connectivity index (χ2v) is 4.28. The van der Waals surface area contributed by atoms with Crippen molar-refractivity contribution < 1.29 is 4.57 Å². The lowest BCUT2D eigenvalue weighted by molar-refractivity contribution is -0.730. The molecule has 1 atom stereocenters. The second-order valence-electron chi connectivity index (χ2n) is 4.28. The predicted octanol–water partition coefficient (Wildman–Crippen LogP) is 3.36. The van der Waals surface area contributed by atoms with Gasteiger partial charge in [0.1, 0.15) is 0 Å². The van der Waals surface area contributed by atoms with Gasteiger partial charge in [-0.3, -0.25) is 0 Å². The molecule has 0 saturated heterocycles. The van der Waals surface area contributed by atoms with Crippen molar-refractivity contribution in [2.45, 2.75) is 46.1 Å². The summed E-state index contributed by atoms with van der Waals surface area (Å²) in [4.78, 5) is 0. The molecule has 0 aliphatic heterocycles. The van der Waals surface area contributed by atoms with E-state index in [-0.39, 0.29) is 0 Å². The van der Waals surface area contributed by atoms with Gasteiger partial charge in [-0.15, -0.1) is 0 Å². The summed E-state index contributed by atoms with van der Waals surface area (Å²) in [5.41, 5.74) is 0. The molecule has 0 saturated carbocycles. The molecule has 0 radical (unpaired) electrons. The molecule has 14 heavy (non-hydrogen) atoms. The third kappa shape index (κ3) is 3.13. The van der Waals surface area contributed by atoms with E-state index in [1.165, 1.54) is 19.3 Å². The Labute approximate surface area is 87.8 Å². The van der Waals surface area contributed by atoms with Gasteiger partial charge in [0.05, 0.1) is 0 Å². The lowest BCUT2D eigenvalue weighted by Gasteiger charge is -2.15. The maximum atomic E-state index is 2.35. The van der Waals surface area contributed by atoms with Crippen LogP contribution < -0.4 is 4.57 Å². The average molecular weight is 192 g/mol. The highest BCUT2D eigenvalue weighted by atomic mass is 15.0. The molecule has 1 aromatic rings.